The van der Waals surface area contributed by atoms with E-state index in [1.165, 1.54) is 0 Å². The van der Waals surface area contributed by atoms with Gasteiger partial charge in [0.05, 0.1) is 5.92 Å². The van der Waals surface area contributed by atoms with Gasteiger partial charge in [0.1, 0.15) is 0 Å². The molecule has 2 rings (SSSR count). The van der Waals surface area contributed by atoms with E-state index in [1.807, 2.05) is 26.2 Å². The summed E-state index contributed by atoms with van der Waals surface area (Å²) in [6.07, 6.45) is 4.66. The number of carbonyl (C=O) groups is 2. The number of pyridine rings is 1. The number of likely N-dealkylation sites (tertiary alicyclic amines) is 1. The lowest BCUT2D eigenvalue weighted by Gasteiger charge is -2.18. The van der Waals surface area contributed by atoms with Gasteiger partial charge in [-0.2, -0.15) is 0 Å². The SMILES string of the molecule is CN(C)CCCN1CC(C(=O)NCc2ccncc2)CC1=O. The summed E-state index contributed by atoms with van der Waals surface area (Å²) in [7, 11) is 4.03. The van der Waals surface area contributed by atoms with Crippen LogP contribution in [0, 0.1) is 5.92 Å². The van der Waals surface area contributed by atoms with E-state index in [0.29, 0.717) is 19.5 Å². The minimum Gasteiger partial charge on any atom is -0.352 e. The Balaban J connectivity index is 1.76. The molecule has 1 aromatic rings. The minimum absolute atomic E-state index is 0.0414. The van der Waals surface area contributed by atoms with E-state index < -0.39 is 0 Å². The first-order valence-corrected chi connectivity index (χ1v) is 7.65. The average Bonchev–Trinajstić information content (AvgIpc) is 2.87. The number of hydrogen-bond donors (Lipinski definition) is 1. The zero-order valence-corrected chi connectivity index (χ0v) is 13.3. The van der Waals surface area contributed by atoms with Gasteiger partial charge < -0.3 is 15.1 Å². The quantitative estimate of drug-likeness (QED) is 0.796. The average molecular weight is 304 g/mol. The Labute approximate surface area is 131 Å². The maximum atomic E-state index is 12.2. The molecule has 120 valence electrons. The van der Waals surface area contributed by atoms with Crippen LogP contribution in [0.1, 0.15) is 18.4 Å². The van der Waals surface area contributed by atoms with Crippen LogP contribution < -0.4 is 5.32 Å². The van der Waals surface area contributed by atoms with Crippen LogP contribution in [0.2, 0.25) is 0 Å². The zero-order chi connectivity index (χ0) is 15.9. The van der Waals surface area contributed by atoms with Crippen LogP contribution in [0.3, 0.4) is 0 Å². The summed E-state index contributed by atoms with van der Waals surface area (Å²) < 4.78 is 0. The first kappa shape index (κ1) is 16.4. The summed E-state index contributed by atoms with van der Waals surface area (Å²) in [6, 6.07) is 3.74. The van der Waals surface area contributed by atoms with Gasteiger partial charge >= 0.3 is 0 Å². The van der Waals surface area contributed by atoms with E-state index in [-0.39, 0.29) is 17.7 Å². The van der Waals surface area contributed by atoms with Crippen molar-refractivity contribution in [2.24, 2.45) is 5.92 Å². The fourth-order valence-corrected chi connectivity index (χ4v) is 2.58. The zero-order valence-electron chi connectivity index (χ0n) is 13.3. The van der Waals surface area contributed by atoms with Crippen molar-refractivity contribution in [1.82, 2.24) is 20.1 Å². The first-order chi connectivity index (χ1) is 10.6. The highest BCUT2D eigenvalue weighted by molar-refractivity contribution is 5.89. The summed E-state index contributed by atoms with van der Waals surface area (Å²) in [5, 5.41) is 2.90. The molecule has 0 bridgehead atoms. The number of amides is 2. The fourth-order valence-electron chi connectivity index (χ4n) is 2.58. The predicted molar refractivity (Wildman–Crippen MR) is 83.9 cm³/mol. The Bertz CT molecular complexity index is 504. The molecule has 1 fully saturated rings. The Morgan fingerprint density at radius 3 is 2.82 bits per heavy atom. The van der Waals surface area contributed by atoms with Crippen LogP contribution in [0.15, 0.2) is 24.5 Å². The highest BCUT2D eigenvalue weighted by Gasteiger charge is 2.33. The van der Waals surface area contributed by atoms with Gasteiger partial charge in [-0.05, 0) is 44.8 Å². The van der Waals surface area contributed by atoms with Crippen molar-refractivity contribution in [3.05, 3.63) is 30.1 Å². The molecule has 2 heterocycles. The molecule has 6 nitrogen and oxygen atoms in total. The fraction of sp³-hybridized carbons (Fsp3) is 0.562. The van der Waals surface area contributed by atoms with Crippen molar-refractivity contribution in [1.29, 1.82) is 0 Å². The second-order valence-corrected chi connectivity index (χ2v) is 5.97. The third-order valence-electron chi connectivity index (χ3n) is 3.83. The summed E-state index contributed by atoms with van der Waals surface area (Å²) in [5.74, 6) is -0.184. The molecule has 0 radical (unpaired) electrons. The third kappa shape index (κ3) is 4.80. The molecule has 0 aliphatic carbocycles. The van der Waals surface area contributed by atoms with Gasteiger partial charge in [-0.15, -0.1) is 0 Å². The second-order valence-electron chi connectivity index (χ2n) is 5.97. The highest BCUT2D eigenvalue weighted by Crippen LogP contribution is 2.18. The van der Waals surface area contributed by atoms with Crippen LogP contribution in [-0.2, 0) is 16.1 Å². The molecule has 1 N–H and O–H groups in total. The molecule has 1 atom stereocenters. The predicted octanol–water partition coefficient (Wildman–Crippen LogP) is 0.498. The number of rotatable bonds is 7. The van der Waals surface area contributed by atoms with Crippen molar-refractivity contribution >= 4 is 11.8 Å². The van der Waals surface area contributed by atoms with E-state index >= 15 is 0 Å². The molecule has 1 unspecified atom stereocenters. The van der Waals surface area contributed by atoms with Crippen molar-refractivity contribution < 1.29 is 9.59 Å². The lowest BCUT2D eigenvalue weighted by Crippen LogP contribution is -2.33. The molecule has 6 heteroatoms. The molecule has 1 aliphatic rings. The van der Waals surface area contributed by atoms with Gasteiger partial charge in [-0.25, -0.2) is 0 Å². The lowest BCUT2D eigenvalue weighted by atomic mass is 10.1. The second kappa shape index (κ2) is 7.89. The van der Waals surface area contributed by atoms with Gasteiger partial charge in [0.25, 0.3) is 0 Å². The molecule has 22 heavy (non-hydrogen) atoms. The Morgan fingerprint density at radius 1 is 1.41 bits per heavy atom. The van der Waals surface area contributed by atoms with Gasteiger partial charge in [0.15, 0.2) is 0 Å². The van der Waals surface area contributed by atoms with E-state index in [1.54, 1.807) is 17.3 Å². The van der Waals surface area contributed by atoms with Crippen LogP contribution >= 0.6 is 0 Å². The lowest BCUT2D eigenvalue weighted by molar-refractivity contribution is -0.129. The number of carbonyl (C=O) groups excluding carboxylic acids is 2. The Kier molecular flexibility index (Phi) is 5.89. The van der Waals surface area contributed by atoms with Crippen molar-refractivity contribution in [3.63, 3.8) is 0 Å². The summed E-state index contributed by atoms with van der Waals surface area (Å²) >= 11 is 0. The van der Waals surface area contributed by atoms with Gasteiger partial charge in [-0.1, -0.05) is 0 Å². The molecule has 0 aromatic carbocycles. The van der Waals surface area contributed by atoms with Crippen molar-refractivity contribution in [2.45, 2.75) is 19.4 Å². The molecule has 1 saturated heterocycles. The third-order valence-corrected chi connectivity index (χ3v) is 3.83. The monoisotopic (exact) mass is 304 g/mol. The van der Waals surface area contributed by atoms with Crippen molar-refractivity contribution in [2.75, 3.05) is 33.7 Å². The van der Waals surface area contributed by atoms with E-state index in [4.69, 9.17) is 0 Å². The smallest absolute Gasteiger partial charge is 0.225 e. The molecule has 1 aliphatic heterocycles. The number of nitrogens with zero attached hydrogens (tertiary/aromatic N) is 3. The van der Waals surface area contributed by atoms with E-state index in [9.17, 15) is 9.59 Å². The number of hydrogen-bond acceptors (Lipinski definition) is 4. The molecule has 0 spiro atoms. The summed E-state index contributed by atoms with van der Waals surface area (Å²) in [5.41, 5.74) is 1.01. The highest BCUT2D eigenvalue weighted by atomic mass is 16.2. The summed E-state index contributed by atoms with van der Waals surface area (Å²) in [6.45, 7) is 2.69. The topological polar surface area (TPSA) is 65.5 Å². The van der Waals surface area contributed by atoms with Gasteiger partial charge in [0.2, 0.25) is 11.8 Å². The molecular weight excluding hydrogens is 280 g/mol. The molecule has 0 saturated carbocycles. The van der Waals surface area contributed by atoms with Crippen LogP contribution in [-0.4, -0.2) is 60.3 Å². The summed E-state index contributed by atoms with van der Waals surface area (Å²) in [4.78, 5) is 32.0. The van der Waals surface area contributed by atoms with Crippen LogP contribution in [0.5, 0.6) is 0 Å². The first-order valence-electron chi connectivity index (χ1n) is 7.65. The minimum atomic E-state index is -0.228. The number of nitrogens with one attached hydrogen (secondary N) is 1. The van der Waals surface area contributed by atoms with Crippen LogP contribution in [0.25, 0.3) is 0 Å². The Hall–Kier alpha value is -1.95. The molecule has 2 amide bonds. The van der Waals surface area contributed by atoms with Crippen LogP contribution in [0.4, 0.5) is 0 Å². The normalized spacial score (nSPS) is 18.0. The van der Waals surface area contributed by atoms with Gasteiger partial charge in [0, 0.05) is 38.4 Å². The maximum absolute atomic E-state index is 12.2. The standard InChI is InChI=1S/C16H24N4O2/c1-19(2)8-3-9-20-12-14(10-15(20)21)16(22)18-11-13-4-6-17-7-5-13/h4-7,14H,3,8-12H2,1-2H3,(H,18,22). The maximum Gasteiger partial charge on any atom is 0.225 e. The largest absolute Gasteiger partial charge is 0.352 e. The van der Waals surface area contributed by atoms with Gasteiger partial charge in [-0.3, -0.25) is 14.6 Å². The molecular formula is C16H24N4O2. The van der Waals surface area contributed by atoms with E-state index in [0.717, 1.165) is 25.1 Å². The van der Waals surface area contributed by atoms with E-state index in [2.05, 4.69) is 15.2 Å². The number of aromatic nitrogens is 1. The Morgan fingerprint density at radius 2 is 2.14 bits per heavy atom. The molecule has 1 aromatic heterocycles. The van der Waals surface area contributed by atoms with Crippen molar-refractivity contribution in [3.8, 4) is 0 Å².